The first-order chi connectivity index (χ1) is 20.8. The quantitative estimate of drug-likeness (QED) is 0.141. The number of aliphatic hydroxyl groups is 3. The zero-order chi connectivity index (χ0) is 31.2. The third-order valence-corrected chi connectivity index (χ3v) is 8.72. The Morgan fingerprint density at radius 3 is 2.58 bits per heavy atom. The van der Waals surface area contributed by atoms with E-state index < -0.39 is 18.2 Å². The number of ether oxygens (including phenoxy) is 3. The first-order valence-electron chi connectivity index (χ1n) is 15.3. The smallest absolute Gasteiger partial charge is 0.247 e. The highest BCUT2D eigenvalue weighted by Crippen LogP contribution is 2.37. The van der Waals surface area contributed by atoms with E-state index in [0.29, 0.717) is 58.9 Å². The summed E-state index contributed by atoms with van der Waals surface area (Å²) in [4.78, 5) is 30.9. The first kappa shape index (κ1) is 35.5. The molecule has 11 nitrogen and oxygen atoms in total. The molecule has 1 aromatic rings. The molecule has 1 fully saturated rings. The van der Waals surface area contributed by atoms with Crippen molar-refractivity contribution in [1.82, 2.24) is 15.1 Å². The molecule has 0 radical (unpaired) electrons. The molecule has 0 spiro atoms. The number of unbranched alkanes of at least 4 members (excludes halogenated alkanes) is 4. The second-order valence-electron chi connectivity index (χ2n) is 11.0. The number of morpholine rings is 1. The van der Waals surface area contributed by atoms with Gasteiger partial charge >= 0.3 is 0 Å². The molecular formula is C31H48IN3O8. The predicted molar refractivity (Wildman–Crippen MR) is 171 cm³/mol. The third-order valence-electron chi connectivity index (χ3n) is 7.92. The minimum Gasteiger partial charge on any atom is -0.493 e. The largest absolute Gasteiger partial charge is 0.493 e. The summed E-state index contributed by atoms with van der Waals surface area (Å²) < 4.78 is 18.0. The van der Waals surface area contributed by atoms with Crippen molar-refractivity contribution < 1.29 is 39.1 Å². The number of carbonyl (C=O) groups excluding carboxylic acids is 2. The number of aliphatic hydroxyl groups excluding tert-OH is 3. The molecule has 242 valence electrons. The SMILES string of the molecule is CCCCCCCC(=O)N(CCN1CCOCC1)[C@@H]1CC(C(=O)NCCO)=C[C@H](Oc2c(I)cc(CO)cc2OC)[C@H]1O. The Morgan fingerprint density at radius 1 is 1.16 bits per heavy atom. The van der Waals surface area contributed by atoms with Crippen LogP contribution in [0, 0.1) is 3.57 Å². The number of carbonyl (C=O) groups is 2. The molecule has 1 aliphatic carbocycles. The van der Waals surface area contributed by atoms with Gasteiger partial charge in [0.15, 0.2) is 11.5 Å². The molecule has 43 heavy (non-hydrogen) atoms. The molecule has 3 atom stereocenters. The second kappa shape index (κ2) is 18.7. The summed E-state index contributed by atoms with van der Waals surface area (Å²) in [5.41, 5.74) is 1.02. The topological polar surface area (TPSA) is 141 Å². The lowest BCUT2D eigenvalue weighted by molar-refractivity contribution is -0.139. The van der Waals surface area contributed by atoms with Crippen LogP contribution in [0.5, 0.6) is 11.5 Å². The highest BCUT2D eigenvalue weighted by molar-refractivity contribution is 14.1. The summed E-state index contributed by atoms with van der Waals surface area (Å²) >= 11 is 2.08. The van der Waals surface area contributed by atoms with Crippen LogP contribution in [-0.4, -0.2) is 115 Å². The fourth-order valence-electron chi connectivity index (χ4n) is 5.47. The van der Waals surface area contributed by atoms with E-state index in [2.05, 4.69) is 39.7 Å². The molecule has 2 aliphatic rings. The zero-order valence-corrected chi connectivity index (χ0v) is 27.6. The van der Waals surface area contributed by atoms with Gasteiger partial charge in [-0.05, 0) is 52.8 Å². The summed E-state index contributed by atoms with van der Waals surface area (Å²) in [7, 11) is 1.50. The average molecular weight is 718 g/mol. The highest BCUT2D eigenvalue weighted by atomic mass is 127. The number of hydrogen-bond donors (Lipinski definition) is 4. The molecule has 0 aromatic heterocycles. The summed E-state index contributed by atoms with van der Waals surface area (Å²) in [5.74, 6) is 0.330. The Labute approximate surface area is 268 Å². The summed E-state index contributed by atoms with van der Waals surface area (Å²) in [6.45, 7) is 5.71. The van der Waals surface area contributed by atoms with Gasteiger partial charge in [-0.25, -0.2) is 0 Å². The fourth-order valence-corrected chi connectivity index (χ4v) is 6.26. The summed E-state index contributed by atoms with van der Waals surface area (Å²) in [6.07, 6.45) is 5.09. The van der Waals surface area contributed by atoms with Crippen LogP contribution in [0.2, 0.25) is 0 Å². The fraction of sp³-hybridized carbons (Fsp3) is 0.677. The van der Waals surface area contributed by atoms with E-state index in [1.807, 2.05) is 0 Å². The number of hydrogen-bond acceptors (Lipinski definition) is 9. The minimum absolute atomic E-state index is 0.0518. The number of nitrogens with zero attached hydrogens (tertiary/aromatic N) is 2. The Kier molecular flexibility index (Phi) is 15.5. The second-order valence-corrected chi connectivity index (χ2v) is 12.2. The Morgan fingerprint density at radius 2 is 1.91 bits per heavy atom. The van der Waals surface area contributed by atoms with E-state index in [4.69, 9.17) is 14.2 Å². The summed E-state index contributed by atoms with van der Waals surface area (Å²) in [5, 5.41) is 33.4. The number of rotatable bonds is 17. The number of benzene rings is 1. The molecule has 0 bridgehead atoms. The van der Waals surface area contributed by atoms with Crippen LogP contribution < -0.4 is 14.8 Å². The number of halogens is 1. The van der Waals surface area contributed by atoms with Gasteiger partial charge in [0.2, 0.25) is 11.8 Å². The van der Waals surface area contributed by atoms with E-state index in [-0.39, 0.29) is 38.0 Å². The zero-order valence-electron chi connectivity index (χ0n) is 25.4. The van der Waals surface area contributed by atoms with Gasteiger partial charge in [-0.1, -0.05) is 32.6 Å². The third kappa shape index (κ3) is 10.6. The molecular weight excluding hydrogens is 669 g/mol. The van der Waals surface area contributed by atoms with Crippen LogP contribution in [0.3, 0.4) is 0 Å². The van der Waals surface area contributed by atoms with Crippen molar-refractivity contribution in [2.45, 2.75) is 76.7 Å². The van der Waals surface area contributed by atoms with Gasteiger partial charge in [-0.15, -0.1) is 0 Å². The van der Waals surface area contributed by atoms with Gasteiger partial charge < -0.3 is 39.7 Å². The molecule has 3 rings (SSSR count). The molecule has 1 saturated heterocycles. The van der Waals surface area contributed by atoms with Crippen molar-refractivity contribution in [3.8, 4) is 11.5 Å². The van der Waals surface area contributed by atoms with Crippen molar-refractivity contribution in [2.24, 2.45) is 0 Å². The van der Waals surface area contributed by atoms with Crippen molar-refractivity contribution >= 4 is 34.4 Å². The maximum absolute atomic E-state index is 13.8. The Bertz CT molecular complexity index is 1070. The van der Waals surface area contributed by atoms with E-state index in [1.165, 1.54) is 7.11 Å². The highest BCUT2D eigenvalue weighted by Gasteiger charge is 2.41. The molecule has 1 aliphatic heterocycles. The maximum atomic E-state index is 13.8. The van der Waals surface area contributed by atoms with Crippen molar-refractivity contribution in [3.63, 3.8) is 0 Å². The molecule has 12 heteroatoms. The van der Waals surface area contributed by atoms with Gasteiger partial charge in [-0.3, -0.25) is 14.5 Å². The molecule has 2 amide bonds. The van der Waals surface area contributed by atoms with Gasteiger partial charge in [0.1, 0.15) is 12.2 Å². The van der Waals surface area contributed by atoms with Gasteiger partial charge in [-0.2, -0.15) is 0 Å². The number of amides is 2. The average Bonchev–Trinajstić information content (AvgIpc) is 3.02. The number of nitrogens with one attached hydrogen (secondary N) is 1. The Hall–Kier alpha value is -1.97. The van der Waals surface area contributed by atoms with Crippen LogP contribution in [0.25, 0.3) is 0 Å². The normalized spacial score (nSPS) is 20.8. The molecule has 1 heterocycles. The lowest BCUT2D eigenvalue weighted by Gasteiger charge is -2.41. The monoisotopic (exact) mass is 717 g/mol. The Balaban J connectivity index is 1.91. The van der Waals surface area contributed by atoms with Crippen molar-refractivity contribution in [2.75, 3.05) is 59.7 Å². The first-order valence-corrected chi connectivity index (χ1v) is 16.4. The lowest BCUT2D eigenvalue weighted by atomic mass is 9.87. The van der Waals surface area contributed by atoms with Crippen LogP contribution in [-0.2, 0) is 20.9 Å². The van der Waals surface area contributed by atoms with Crippen LogP contribution in [0.15, 0.2) is 23.8 Å². The van der Waals surface area contributed by atoms with E-state index in [9.17, 15) is 24.9 Å². The predicted octanol–water partition coefficient (Wildman–Crippen LogP) is 2.23. The van der Waals surface area contributed by atoms with Crippen molar-refractivity contribution in [1.29, 1.82) is 0 Å². The molecule has 0 unspecified atom stereocenters. The van der Waals surface area contributed by atoms with Gasteiger partial charge in [0, 0.05) is 51.1 Å². The van der Waals surface area contributed by atoms with E-state index >= 15 is 0 Å². The van der Waals surface area contributed by atoms with Crippen LogP contribution in [0.1, 0.15) is 57.4 Å². The maximum Gasteiger partial charge on any atom is 0.247 e. The number of methoxy groups -OCH3 is 1. The van der Waals surface area contributed by atoms with E-state index in [0.717, 1.165) is 45.2 Å². The van der Waals surface area contributed by atoms with Crippen LogP contribution >= 0.6 is 22.6 Å². The lowest BCUT2D eigenvalue weighted by Crippen LogP contribution is -2.56. The van der Waals surface area contributed by atoms with Crippen LogP contribution in [0.4, 0.5) is 0 Å². The molecule has 1 aromatic carbocycles. The van der Waals surface area contributed by atoms with E-state index in [1.54, 1.807) is 23.1 Å². The standard InChI is InChI=1S/C31H48IN3O8/c1-3-4-5-6-7-8-28(38)35(11-10-34-12-15-42-16-13-34)25-19-23(31(40)33-9-14-36)20-26(29(25)39)43-30-24(32)17-22(21-37)18-27(30)41-2/h17-18,20,25-26,29,36-37,39H,3-16,19,21H2,1-2H3,(H,33,40)/t25-,26+,29+/m1/s1. The minimum atomic E-state index is -1.12. The van der Waals surface area contributed by atoms with Crippen molar-refractivity contribution in [3.05, 3.63) is 32.9 Å². The molecule has 4 N–H and O–H groups in total. The van der Waals surface area contributed by atoms with Gasteiger partial charge in [0.05, 0.1) is 43.1 Å². The summed E-state index contributed by atoms with van der Waals surface area (Å²) in [6, 6.07) is 2.73. The molecule has 0 saturated carbocycles. The van der Waals surface area contributed by atoms with Gasteiger partial charge in [0.25, 0.3) is 0 Å².